The third-order valence-electron chi connectivity index (χ3n) is 5.27. The summed E-state index contributed by atoms with van der Waals surface area (Å²) in [7, 11) is 1.26. The van der Waals surface area contributed by atoms with Crippen molar-refractivity contribution in [1.29, 1.82) is 0 Å². The highest BCUT2D eigenvalue weighted by Crippen LogP contribution is 2.30. The first-order valence-electron chi connectivity index (χ1n) is 10.1. The first-order valence-corrected chi connectivity index (χ1v) is 10.5. The second kappa shape index (κ2) is 9.43. The van der Waals surface area contributed by atoms with Crippen LogP contribution < -0.4 is 10.2 Å². The van der Waals surface area contributed by atoms with E-state index in [1.807, 2.05) is 0 Å². The van der Waals surface area contributed by atoms with Crippen LogP contribution in [0.3, 0.4) is 0 Å². The van der Waals surface area contributed by atoms with E-state index in [9.17, 15) is 19.2 Å². The summed E-state index contributed by atoms with van der Waals surface area (Å²) in [4.78, 5) is 52.4. The molecule has 170 valence electrons. The van der Waals surface area contributed by atoms with E-state index in [0.29, 0.717) is 37.6 Å². The molecule has 1 saturated heterocycles. The van der Waals surface area contributed by atoms with Gasteiger partial charge in [-0.15, -0.1) is 0 Å². The minimum atomic E-state index is -0.686. The van der Waals surface area contributed by atoms with E-state index in [-0.39, 0.29) is 27.9 Å². The molecule has 1 N–H and O–H groups in total. The van der Waals surface area contributed by atoms with Crippen molar-refractivity contribution < 1.29 is 28.7 Å². The maximum absolute atomic E-state index is 12.9. The fourth-order valence-corrected chi connectivity index (χ4v) is 3.71. The first-order chi connectivity index (χ1) is 15.9. The Hall–Kier alpha value is -3.69. The Labute approximate surface area is 194 Å². The largest absolute Gasteiger partial charge is 0.465 e. The van der Waals surface area contributed by atoms with Gasteiger partial charge in [-0.1, -0.05) is 11.6 Å². The van der Waals surface area contributed by atoms with E-state index in [2.05, 4.69) is 10.1 Å². The Morgan fingerprint density at radius 2 is 1.55 bits per heavy atom. The molecule has 2 aliphatic rings. The summed E-state index contributed by atoms with van der Waals surface area (Å²) >= 11 is 6.16. The number of methoxy groups -OCH3 is 1. The summed E-state index contributed by atoms with van der Waals surface area (Å²) in [5.74, 6) is -1.95. The predicted octanol–water partition coefficient (Wildman–Crippen LogP) is 2.38. The Balaban J connectivity index is 1.48. The lowest BCUT2D eigenvalue weighted by Crippen LogP contribution is -2.40. The molecular formula is C23H20ClN3O6. The zero-order valence-electron chi connectivity index (χ0n) is 17.7. The van der Waals surface area contributed by atoms with Crippen LogP contribution in [0.4, 0.5) is 11.4 Å². The quantitative estimate of drug-likeness (QED) is 0.529. The van der Waals surface area contributed by atoms with Gasteiger partial charge in [0.1, 0.15) is 10.7 Å². The zero-order chi connectivity index (χ0) is 23.5. The number of halogens is 1. The van der Waals surface area contributed by atoms with Gasteiger partial charge in [-0.05, 0) is 48.5 Å². The Morgan fingerprint density at radius 3 is 2.15 bits per heavy atom. The van der Waals surface area contributed by atoms with Crippen LogP contribution >= 0.6 is 11.6 Å². The van der Waals surface area contributed by atoms with E-state index in [0.717, 1.165) is 4.90 Å². The number of hydrogen-bond acceptors (Lipinski definition) is 7. The number of anilines is 2. The van der Waals surface area contributed by atoms with Crippen molar-refractivity contribution in [3.8, 4) is 0 Å². The molecule has 0 atom stereocenters. The number of nitrogens with zero attached hydrogens (tertiary/aromatic N) is 2. The molecule has 0 aliphatic carbocycles. The van der Waals surface area contributed by atoms with Gasteiger partial charge in [0.15, 0.2) is 0 Å². The summed E-state index contributed by atoms with van der Waals surface area (Å²) in [5, 5.41) is 2.61. The molecule has 0 spiro atoms. The second-order valence-electron chi connectivity index (χ2n) is 7.28. The van der Waals surface area contributed by atoms with Gasteiger partial charge in [-0.25, -0.2) is 9.69 Å². The van der Waals surface area contributed by atoms with Crippen molar-refractivity contribution >= 4 is 46.7 Å². The topological polar surface area (TPSA) is 105 Å². The molecule has 0 saturated carbocycles. The number of ether oxygens (including phenoxy) is 2. The highest BCUT2D eigenvalue weighted by Gasteiger charge is 2.39. The lowest BCUT2D eigenvalue weighted by molar-refractivity contribution is -0.120. The van der Waals surface area contributed by atoms with Crippen LogP contribution in [0.2, 0.25) is 0 Å². The van der Waals surface area contributed by atoms with Crippen molar-refractivity contribution in [3.05, 3.63) is 70.4 Å². The van der Waals surface area contributed by atoms with Crippen molar-refractivity contribution in [2.24, 2.45) is 0 Å². The predicted molar refractivity (Wildman–Crippen MR) is 120 cm³/mol. The minimum absolute atomic E-state index is 0.0778. The van der Waals surface area contributed by atoms with Gasteiger partial charge in [0.05, 0.1) is 31.6 Å². The number of benzene rings is 2. The van der Waals surface area contributed by atoms with Crippen molar-refractivity contribution in [2.45, 2.75) is 0 Å². The fourth-order valence-electron chi connectivity index (χ4n) is 3.50. The van der Waals surface area contributed by atoms with E-state index in [4.69, 9.17) is 16.3 Å². The molecular weight excluding hydrogens is 450 g/mol. The summed E-state index contributed by atoms with van der Waals surface area (Å²) < 4.78 is 9.91. The van der Waals surface area contributed by atoms with Crippen LogP contribution in [-0.2, 0) is 19.1 Å². The Bertz CT molecular complexity index is 1140. The van der Waals surface area contributed by atoms with Crippen LogP contribution in [0.5, 0.6) is 0 Å². The summed E-state index contributed by atoms with van der Waals surface area (Å²) in [6.45, 7) is 2.09. The molecule has 2 heterocycles. The number of hydrogen-bond donors (Lipinski definition) is 1. The fraction of sp³-hybridized carbons (Fsp3) is 0.217. The van der Waals surface area contributed by atoms with Crippen LogP contribution in [0, 0.1) is 0 Å². The summed E-state index contributed by atoms with van der Waals surface area (Å²) in [6.07, 6.45) is 0. The normalized spacial score (nSPS) is 16.3. The maximum Gasteiger partial charge on any atom is 0.337 e. The van der Waals surface area contributed by atoms with Crippen molar-refractivity contribution in [2.75, 3.05) is 43.6 Å². The first kappa shape index (κ1) is 22.5. The molecule has 0 unspecified atom stereocenters. The van der Waals surface area contributed by atoms with Crippen molar-refractivity contribution in [3.63, 3.8) is 0 Å². The molecule has 2 aromatic carbocycles. The van der Waals surface area contributed by atoms with Crippen molar-refractivity contribution in [1.82, 2.24) is 4.90 Å². The number of morpholine rings is 1. The Morgan fingerprint density at radius 1 is 0.939 bits per heavy atom. The molecule has 2 aromatic rings. The lowest BCUT2D eigenvalue weighted by Gasteiger charge is -2.26. The molecule has 1 fully saturated rings. The van der Waals surface area contributed by atoms with Crippen LogP contribution in [0.15, 0.2) is 59.3 Å². The molecule has 0 aromatic heterocycles. The average Bonchev–Trinajstić information content (AvgIpc) is 3.07. The van der Waals surface area contributed by atoms with E-state index >= 15 is 0 Å². The number of amides is 3. The minimum Gasteiger partial charge on any atom is -0.465 e. The van der Waals surface area contributed by atoms with E-state index in [1.165, 1.54) is 31.4 Å². The average molecular weight is 470 g/mol. The highest BCUT2D eigenvalue weighted by molar-refractivity contribution is 6.53. The SMILES string of the molecule is COC(=O)c1ccc(N2C(=O)C(Cl)=C(Nc3ccc(C(=O)N4CCOCC4)cc3)C2=O)cc1. The van der Waals surface area contributed by atoms with E-state index < -0.39 is 17.8 Å². The van der Waals surface area contributed by atoms with Crippen LogP contribution in [0.1, 0.15) is 20.7 Å². The van der Waals surface area contributed by atoms with Gasteiger partial charge < -0.3 is 19.7 Å². The van der Waals surface area contributed by atoms with Crippen LogP contribution in [-0.4, -0.2) is 62.0 Å². The number of carbonyl (C=O) groups excluding carboxylic acids is 4. The number of nitrogens with one attached hydrogen (secondary N) is 1. The summed E-state index contributed by atoms with van der Waals surface area (Å²) in [5.41, 5.74) is 1.46. The molecule has 2 aliphatic heterocycles. The lowest BCUT2D eigenvalue weighted by atomic mass is 10.1. The third-order valence-corrected chi connectivity index (χ3v) is 5.62. The standard InChI is InChI=1S/C23H20ClN3O6/c1-32-23(31)15-4-8-17(9-5-15)27-21(29)18(24)19(22(27)30)25-16-6-2-14(3-7-16)20(28)26-10-12-33-13-11-26/h2-9,25H,10-13H2,1H3. The third kappa shape index (κ3) is 4.46. The number of imide groups is 1. The molecule has 3 amide bonds. The maximum atomic E-state index is 12.9. The van der Waals surface area contributed by atoms with E-state index in [1.54, 1.807) is 29.2 Å². The molecule has 4 rings (SSSR count). The highest BCUT2D eigenvalue weighted by atomic mass is 35.5. The molecule has 33 heavy (non-hydrogen) atoms. The van der Waals surface area contributed by atoms with Gasteiger partial charge >= 0.3 is 5.97 Å². The molecule has 9 nitrogen and oxygen atoms in total. The monoisotopic (exact) mass is 469 g/mol. The zero-order valence-corrected chi connectivity index (χ0v) is 18.4. The van der Waals surface area contributed by atoms with Gasteiger partial charge in [-0.2, -0.15) is 0 Å². The van der Waals surface area contributed by atoms with Crippen LogP contribution in [0.25, 0.3) is 0 Å². The van der Waals surface area contributed by atoms with Gasteiger partial charge in [0.25, 0.3) is 17.7 Å². The molecule has 0 bridgehead atoms. The number of carbonyl (C=O) groups is 4. The number of rotatable bonds is 5. The molecule has 10 heteroatoms. The number of esters is 1. The summed E-state index contributed by atoms with van der Waals surface area (Å²) in [6, 6.07) is 12.4. The second-order valence-corrected chi connectivity index (χ2v) is 7.66. The Kier molecular flexibility index (Phi) is 6.43. The van der Waals surface area contributed by atoms with Gasteiger partial charge in [-0.3, -0.25) is 14.4 Å². The van der Waals surface area contributed by atoms with Gasteiger partial charge in [0, 0.05) is 24.3 Å². The molecule has 0 radical (unpaired) electrons. The smallest absolute Gasteiger partial charge is 0.337 e. The van der Waals surface area contributed by atoms with Gasteiger partial charge in [0.2, 0.25) is 0 Å².